The molecule has 33 heavy (non-hydrogen) atoms. The van der Waals surface area contributed by atoms with Gasteiger partial charge in [-0.1, -0.05) is 42.7 Å². The Labute approximate surface area is 196 Å². The van der Waals surface area contributed by atoms with Crippen molar-refractivity contribution in [2.45, 2.75) is 45.4 Å². The predicted octanol–water partition coefficient (Wildman–Crippen LogP) is 4.20. The second kappa shape index (κ2) is 11.3. The van der Waals surface area contributed by atoms with E-state index in [0.717, 1.165) is 50.6 Å². The molecular weight excluding hydrogens is 438 g/mol. The van der Waals surface area contributed by atoms with E-state index in [1.54, 1.807) is 36.4 Å². The van der Waals surface area contributed by atoms with Crippen LogP contribution < -0.4 is 9.62 Å². The van der Waals surface area contributed by atoms with Gasteiger partial charge in [0.1, 0.15) is 0 Å². The summed E-state index contributed by atoms with van der Waals surface area (Å²) in [6.45, 7) is 3.61. The van der Waals surface area contributed by atoms with Crippen molar-refractivity contribution in [3.05, 3.63) is 59.7 Å². The van der Waals surface area contributed by atoms with Gasteiger partial charge in [-0.05, 0) is 50.5 Å². The van der Waals surface area contributed by atoms with Crippen LogP contribution in [-0.2, 0) is 14.8 Å². The highest BCUT2D eigenvalue weighted by Gasteiger charge is 2.21. The van der Waals surface area contributed by atoms with Crippen molar-refractivity contribution in [3.63, 3.8) is 0 Å². The lowest BCUT2D eigenvalue weighted by Gasteiger charge is -2.23. The Kier molecular flexibility index (Phi) is 8.49. The molecule has 1 N–H and O–H groups in total. The summed E-state index contributed by atoms with van der Waals surface area (Å²) in [6.07, 6.45) is 5.93. The van der Waals surface area contributed by atoms with Crippen LogP contribution in [0.15, 0.2) is 48.5 Å². The van der Waals surface area contributed by atoms with Gasteiger partial charge in [-0.15, -0.1) is 0 Å². The number of hydrogen-bond donors (Lipinski definition) is 1. The molecule has 2 amide bonds. The third kappa shape index (κ3) is 7.05. The maximum atomic E-state index is 13.1. The molecular formula is C25H33N3O4S. The molecule has 1 fully saturated rings. The molecule has 0 aliphatic carbocycles. The van der Waals surface area contributed by atoms with Crippen LogP contribution in [0.1, 0.15) is 54.4 Å². The summed E-state index contributed by atoms with van der Waals surface area (Å²) in [5.41, 5.74) is 2.61. The minimum absolute atomic E-state index is 0.0598. The average Bonchev–Trinajstić information content (AvgIpc) is 3.06. The molecule has 8 heteroatoms. The number of rotatable bonds is 8. The Balaban J connectivity index is 1.61. The van der Waals surface area contributed by atoms with Crippen molar-refractivity contribution in [1.82, 2.24) is 4.90 Å². The number of likely N-dealkylation sites (tertiary alicyclic amines) is 1. The van der Waals surface area contributed by atoms with Crippen LogP contribution in [0.2, 0.25) is 0 Å². The van der Waals surface area contributed by atoms with Crippen molar-refractivity contribution in [3.8, 4) is 0 Å². The zero-order valence-electron chi connectivity index (χ0n) is 19.4. The lowest BCUT2D eigenvalue weighted by Crippen LogP contribution is -2.33. The van der Waals surface area contributed by atoms with Crippen molar-refractivity contribution in [1.29, 1.82) is 0 Å². The van der Waals surface area contributed by atoms with Crippen molar-refractivity contribution in [2.75, 3.05) is 35.5 Å². The van der Waals surface area contributed by atoms with Gasteiger partial charge < -0.3 is 10.2 Å². The predicted molar refractivity (Wildman–Crippen MR) is 132 cm³/mol. The van der Waals surface area contributed by atoms with E-state index < -0.39 is 10.0 Å². The second-order valence-corrected chi connectivity index (χ2v) is 10.5. The Morgan fingerprint density at radius 2 is 1.61 bits per heavy atom. The number of aryl methyl sites for hydroxylation is 1. The summed E-state index contributed by atoms with van der Waals surface area (Å²) in [7, 11) is -3.47. The van der Waals surface area contributed by atoms with Crippen LogP contribution >= 0.6 is 0 Å². The van der Waals surface area contributed by atoms with Crippen LogP contribution in [0.3, 0.4) is 0 Å². The van der Waals surface area contributed by atoms with Gasteiger partial charge in [0.05, 0.1) is 23.2 Å². The SMILES string of the molecule is Cc1ccc(N(CCCC(=O)Nc2ccccc2C(=O)N2CCCCCC2)S(C)(=O)=O)cc1. The molecule has 3 rings (SSSR count). The molecule has 1 aliphatic rings. The van der Waals surface area contributed by atoms with Gasteiger partial charge >= 0.3 is 0 Å². The highest BCUT2D eigenvalue weighted by molar-refractivity contribution is 7.92. The number of carbonyl (C=O) groups is 2. The van der Waals surface area contributed by atoms with Crippen LogP contribution in [0.5, 0.6) is 0 Å². The number of hydrogen-bond acceptors (Lipinski definition) is 4. The molecule has 1 aliphatic heterocycles. The summed E-state index contributed by atoms with van der Waals surface area (Å²) in [5.74, 6) is -0.307. The molecule has 0 radical (unpaired) electrons. The van der Waals surface area contributed by atoms with E-state index >= 15 is 0 Å². The van der Waals surface area contributed by atoms with Crippen LogP contribution in [0.4, 0.5) is 11.4 Å². The Morgan fingerprint density at radius 1 is 0.970 bits per heavy atom. The van der Waals surface area contributed by atoms with Crippen molar-refractivity contribution in [2.24, 2.45) is 0 Å². The maximum Gasteiger partial charge on any atom is 0.255 e. The lowest BCUT2D eigenvalue weighted by molar-refractivity contribution is -0.116. The molecule has 2 aromatic carbocycles. The summed E-state index contributed by atoms with van der Waals surface area (Å²) in [5, 5.41) is 2.85. The van der Waals surface area contributed by atoms with Gasteiger partial charge in [-0.3, -0.25) is 13.9 Å². The first-order valence-electron chi connectivity index (χ1n) is 11.5. The van der Waals surface area contributed by atoms with Gasteiger partial charge in [0.25, 0.3) is 5.91 Å². The van der Waals surface area contributed by atoms with Crippen LogP contribution in [-0.4, -0.2) is 51.0 Å². The summed E-state index contributed by atoms with van der Waals surface area (Å²) in [4.78, 5) is 27.5. The molecule has 178 valence electrons. The molecule has 1 saturated heterocycles. The second-order valence-electron chi connectivity index (χ2n) is 8.57. The number of para-hydroxylation sites is 1. The fourth-order valence-corrected chi connectivity index (χ4v) is 4.98. The summed E-state index contributed by atoms with van der Waals surface area (Å²) >= 11 is 0. The molecule has 2 aromatic rings. The molecule has 0 unspecified atom stereocenters. The van der Waals surface area contributed by atoms with Crippen molar-refractivity contribution < 1.29 is 18.0 Å². The first-order valence-corrected chi connectivity index (χ1v) is 13.3. The highest BCUT2D eigenvalue weighted by atomic mass is 32.2. The quantitative estimate of drug-likeness (QED) is 0.625. The van der Waals surface area contributed by atoms with E-state index in [1.165, 1.54) is 4.31 Å². The first-order chi connectivity index (χ1) is 15.8. The Morgan fingerprint density at radius 3 is 2.24 bits per heavy atom. The highest BCUT2D eigenvalue weighted by Crippen LogP contribution is 2.21. The third-order valence-electron chi connectivity index (χ3n) is 5.81. The number of benzene rings is 2. The zero-order chi connectivity index (χ0) is 23.8. The fourth-order valence-electron chi connectivity index (χ4n) is 4.02. The first kappa shape index (κ1) is 24.8. The number of amides is 2. The topological polar surface area (TPSA) is 86.8 Å². The van der Waals surface area contributed by atoms with Crippen LogP contribution in [0, 0.1) is 6.92 Å². The van der Waals surface area contributed by atoms with Gasteiger partial charge in [0.2, 0.25) is 15.9 Å². The average molecular weight is 472 g/mol. The van der Waals surface area contributed by atoms with Gasteiger partial charge in [0.15, 0.2) is 0 Å². The molecule has 7 nitrogen and oxygen atoms in total. The lowest BCUT2D eigenvalue weighted by atomic mass is 10.1. The molecule has 0 atom stereocenters. The van der Waals surface area contributed by atoms with Gasteiger partial charge in [0, 0.05) is 26.1 Å². The summed E-state index contributed by atoms with van der Waals surface area (Å²) in [6, 6.07) is 14.3. The number of anilines is 2. The monoisotopic (exact) mass is 471 g/mol. The van der Waals surface area contributed by atoms with E-state index in [4.69, 9.17) is 0 Å². The minimum Gasteiger partial charge on any atom is -0.339 e. The fraction of sp³-hybridized carbons (Fsp3) is 0.440. The molecule has 1 heterocycles. The van der Waals surface area contributed by atoms with Gasteiger partial charge in [-0.2, -0.15) is 0 Å². The minimum atomic E-state index is -3.47. The number of nitrogens with zero attached hydrogens (tertiary/aromatic N) is 2. The molecule has 0 spiro atoms. The maximum absolute atomic E-state index is 13.1. The molecule has 0 aromatic heterocycles. The number of sulfonamides is 1. The van der Waals surface area contributed by atoms with E-state index in [0.29, 0.717) is 23.4 Å². The number of carbonyl (C=O) groups excluding carboxylic acids is 2. The van der Waals surface area contributed by atoms with E-state index in [1.807, 2.05) is 24.0 Å². The normalized spacial score (nSPS) is 14.4. The Hall–Kier alpha value is -2.87. The summed E-state index contributed by atoms with van der Waals surface area (Å²) < 4.78 is 25.8. The van der Waals surface area contributed by atoms with Gasteiger partial charge in [-0.25, -0.2) is 8.42 Å². The van der Waals surface area contributed by atoms with E-state index in [9.17, 15) is 18.0 Å². The molecule has 0 bridgehead atoms. The standard InChI is InChI=1S/C25H33N3O4S/c1-20-13-15-21(16-14-20)28(33(2,31)32)19-9-12-24(29)26-23-11-6-5-10-22(23)25(30)27-17-7-3-4-8-18-27/h5-6,10-11,13-16H,3-4,7-9,12,17-19H2,1-2H3,(H,26,29). The molecule has 0 saturated carbocycles. The van der Waals surface area contributed by atoms with E-state index in [2.05, 4.69) is 5.32 Å². The van der Waals surface area contributed by atoms with Crippen LogP contribution in [0.25, 0.3) is 0 Å². The zero-order valence-corrected chi connectivity index (χ0v) is 20.2. The number of nitrogens with one attached hydrogen (secondary N) is 1. The third-order valence-corrected chi connectivity index (χ3v) is 7.01. The van der Waals surface area contributed by atoms with E-state index in [-0.39, 0.29) is 24.8 Å². The Bertz CT molecular complexity index is 1060. The largest absolute Gasteiger partial charge is 0.339 e. The van der Waals surface area contributed by atoms with Crippen molar-refractivity contribution >= 4 is 33.2 Å². The smallest absolute Gasteiger partial charge is 0.255 e.